The Balaban J connectivity index is 0. The van der Waals surface area contributed by atoms with Crippen molar-refractivity contribution in [3.05, 3.63) is 0 Å². The molecule has 0 radical (unpaired) electrons. The molecule has 0 saturated heterocycles. The van der Waals surface area contributed by atoms with Crippen LogP contribution in [0.25, 0.3) is 0 Å². The fourth-order valence-electron chi connectivity index (χ4n) is 0.933. The Kier molecular flexibility index (Phi) is 21.2. The summed E-state index contributed by atoms with van der Waals surface area (Å²) in [6.45, 7) is 9.60. The number of hydrogen-bond donors (Lipinski definition) is 7. The molecule has 0 aliphatic rings. The molecule has 0 fully saturated rings. The Labute approximate surface area is 111 Å². The van der Waals surface area contributed by atoms with Crippen molar-refractivity contribution in [3.8, 4) is 0 Å². The van der Waals surface area contributed by atoms with Gasteiger partial charge >= 0.3 is 0 Å². The van der Waals surface area contributed by atoms with Gasteiger partial charge in [0.2, 0.25) is 0 Å². The second-order valence-electron chi connectivity index (χ2n) is 4.04. The van der Waals surface area contributed by atoms with Crippen molar-refractivity contribution in [1.82, 2.24) is 16.0 Å². The highest BCUT2D eigenvalue weighted by molar-refractivity contribution is 4.54. The van der Waals surface area contributed by atoms with Crippen LogP contribution in [0.2, 0.25) is 0 Å². The van der Waals surface area contributed by atoms with E-state index in [4.69, 9.17) is 22.9 Å². The largest absolute Gasteiger partial charge is 0.329 e. The van der Waals surface area contributed by atoms with Crippen LogP contribution in [0.1, 0.15) is 6.92 Å². The predicted octanol–water partition coefficient (Wildman–Crippen LogP) is -3.04. The zero-order chi connectivity index (χ0) is 14.1. The highest BCUT2D eigenvalue weighted by Crippen LogP contribution is 1.60. The predicted molar refractivity (Wildman–Crippen MR) is 79.4 cm³/mol. The smallest absolute Gasteiger partial charge is 0.0134 e. The fraction of sp³-hybridized carbons (Fsp3) is 1.00. The Bertz CT molecular complexity index is 123. The molecule has 0 aromatic rings. The van der Waals surface area contributed by atoms with Crippen molar-refractivity contribution in [3.63, 3.8) is 0 Å². The summed E-state index contributed by atoms with van der Waals surface area (Å²) in [6.07, 6.45) is 0. The minimum Gasteiger partial charge on any atom is -0.329 e. The van der Waals surface area contributed by atoms with Crippen LogP contribution in [0.3, 0.4) is 0 Å². The summed E-state index contributed by atoms with van der Waals surface area (Å²) in [4.78, 5) is 0. The van der Waals surface area contributed by atoms with E-state index in [1.54, 1.807) is 0 Å². The molecule has 18 heavy (non-hydrogen) atoms. The molecule has 0 amide bonds. The van der Waals surface area contributed by atoms with E-state index in [0.29, 0.717) is 19.6 Å². The van der Waals surface area contributed by atoms with Crippen molar-refractivity contribution in [2.45, 2.75) is 13.0 Å². The number of nitrogens with one attached hydrogen (secondary N) is 3. The van der Waals surface area contributed by atoms with Crippen molar-refractivity contribution in [2.24, 2.45) is 22.9 Å². The van der Waals surface area contributed by atoms with Gasteiger partial charge in [0.15, 0.2) is 0 Å². The van der Waals surface area contributed by atoms with E-state index >= 15 is 0 Å². The highest BCUT2D eigenvalue weighted by atomic mass is 15.0. The molecule has 0 aliphatic heterocycles. The maximum Gasteiger partial charge on any atom is 0.0134 e. The van der Waals surface area contributed by atoms with E-state index in [1.807, 2.05) is 6.92 Å². The third-order valence-electron chi connectivity index (χ3n) is 1.97. The molecule has 0 aliphatic carbocycles. The van der Waals surface area contributed by atoms with Crippen LogP contribution < -0.4 is 38.9 Å². The first-order valence-corrected chi connectivity index (χ1v) is 6.66. The summed E-state index contributed by atoms with van der Waals surface area (Å²) in [7, 11) is 0. The van der Waals surface area contributed by atoms with Gasteiger partial charge in [-0.3, -0.25) is 0 Å². The van der Waals surface area contributed by atoms with Crippen molar-refractivity contribution in [1.29, 1.82) is 0 Å². The second-order valence-corrected chi connectivity index (χ2v) is 4.04. The third kappa shape index (κ3) is 24.8. The van der Waals surface area contributed by atoms with Gasteiger partial charge in [-0.25, -0.2) is 0 Å². The summed E-state index contributed by atoms with van der Waals surface area (Å²) in [5, 5.41) is 9.71. The SMILES string of the molecule is CC(N)CN.NCCNCCNCCNCCN. The van der Waals surface area contributed by atoms with Crippen LogP contribution in [0.15, 0.2) is 0 Å². The molecule has 0 heterocycles. The molecule has 1 atom stereocenters. The molecule has 0 aromatic carbocycles. The lowest BCUT2D eigenvalue weighted by Gasteiger charge is -2.06. The standard InChI is InChI=1S/C8H23N5.C3H10N2/c9-1-3-11-5-7-13-8-6-12-4-2-10;1-3(5)2-4/h11-13H,1-10H2;3H,2,4-5H2,1H3. The van der Waals surface area contributed by atoms with Crippen LogP contribution >= 0.6 is 0 Å². The summed E-state index contributed by atoms with van der Waals surface area (Å²) >= 11 is 0. The monoisotopic (exact) mass is 263 g/mol. The molecular formula is C11H33N7. The summed E-state index contributed by atoms with van der Waals surface area (Å²) in [5.74, 6) is 0. The van der Waals surface area contributed by atoms with Crippen LogP contribution in [0.4, 0.5) is 0 Å². The molecular weight excluding hydrogens is 230 g/mol. The van der Waals surface area contributed by atoms with Crippen molar-refractivity contribution >= 4 is 0 Å². The van der Waals surface area contributed by atoms with E-state index in [-0.39, 0.29) is 6.04 Å². The van der Waals surface area contributed by atoms with Crippen molar-refractivity contribution < 1.29 is 0 Å². The lowest BCUT2D eigenvalue weighted by molar-refractivity contribution is 0.586. The first kappa shape index (κ1) is 20.0. The molecule has 0 aromatic heterocycles. The molecule has 0 saturated carbocycles. The molecule has 1 unspecified atom stereocenters. The second kappa shape index (κ2) is 19.1. The van der Waals surface area contributed by atoms with Crippen molar-refractivity contribution in [2.75, 3.05) is 58.9 Å². The van der Waals surface area contributed by atoms with Gasteiger partial charge < -0.3 is 38.9 Å². The lowest BCUT2D eigenvalue weighted by Crippen LogP contribution is -2.35. The van der Waals surface area contributed by atoms with E-state index < -0.39 is 0 Å². The fourth-order valence-corrected chi connectivity index (χ4v) is 0.933. The van der Waals surface area contributed by atoms with Gasteiger partial charge in [0.05, 0.1) is 0 Å². The van der Waals surface area contributed by atoms with E-state index in [2.05, 4.69) is 16.0 Å². The van der Waals surface area contributed by atoms with Gasteiger partial charge in [0.25, 0.3) is 0 Å². The number of rotatable bonds is 11. The van der Waals surface area contributed by atoms with Crippen LogP contribution in [0.5, 0.6) is 0 Å². The first-order valence-electron chi connectivity index (χ1n) is 6.66. The maximum atomic E-state index is 5.32. The minimum atomic E-state index is 0.162. The lowest BCUT2D eigenvalue weighted by atomic mass is 10.4. The number of nitrogens with two attached hydrogens (primary N) is 4. The van der Waals surface area contributed by atoms with E-state index in [9.17, 15) is 0 Å². The molecule has 112 valence electrons. The van der Waals surface area contributed by atoms with Gasteiger partial charge in [-0.15, -0.1) is 0 Å². The normalized spacial score (nSPS) is 11.8. The molecule has 0 bridgehead atoms. The van der Waals surface area contributed by atoms with Gasteiger partial charge in [0, 0.05) is 64.9 Å². The Morgan fingerprint density at radius 1 is 0.722 bits per heavy atom. The average molecular weight is 263 g/mol. The van der Waals surface area contributed by atoms with E-state index in [0.717, 1.165) is 39.3 Å². The third-order valence-corrected chi connectivity index (χ3v) is 1.97. The molecule has 11 N–H and O–H groups in total. The first-order chi connectivity index (χ1) is 8.68. The Hall–Kier alpha value is -0.280. The van der Waals surface area contributed by atoms with Crippen LogP contribution in [0, 0.1) is 0 Å². The summed E-state index contributed by atoms with van der Waals surface area (Å²) in [6, 6.07) is 0.162. The van der Waals surface area contributed by atoms with E-state index in [1.165, 1.54) is 0 Å². The van der Waals surface area contributed by atoms with Gasteiger partial charge in [0.1, 0.15) is 0 Å². The van der Waals surface area contributed by atoms with Gasteiger partial charge in [-0.1, -0.05) is 0 Å². The van der Waals surface area contributed by atoms with Crippen LogP contribution in [-0.2, 0) is 0 Å². The number of hydrogen-bond acceptors (Lipinski definition) is 7. The zero-order valence-corrected chi connectivity index (χ0v) is 11.8. The van der Waals surface area contributed by atoms with Gasteiger partial charge in [-0.2, -0.15) is 0 Å². The highest BCUT2D eigenvalue weighted by Gasteiger charge is 1.87. The minimum absolute atomic E-state index is 0.162. The quantitative estimate of drug-likeness (QED) is 0.197. The summed E-state index contributed by atoms with van der Waals surface area (Å²) < 4.78 is 0. The van der Waals surface area contributed by atoms with Crippen LogP contribution in [-0.4, -0.2) is 64.9 Å². The summed E-state index contributed by atoms with van der Waals surface area (Å²) in [5.41, 5.74) is 20.9. The molecule has 7 heteroatoms. The Morgan fingerprint density at radius 2 is 1.00 bits per heavy atom. The zero-order valence-electron chi connectivity index (χ0n) is 11.8. The molecule has 0 rings (SSSR count). The van der Waals surface area contributed by atoms with Gasteiger partial charge in [-0.05, 0) is 6.92 Å². The average Bonchev–Trinajstić information content (AvgIpc) is 2.37. The maximum absolute atomic E-state index is 5.32. The Morgan fingerprint density at radius 3 is 1.22 bits per heavy atom. The molecule has 0 spiro atoms. The molecule has 7 nitrogen and oxygen atoms in total. The topological polar surface area (TPSA) is 140 Å².